The van der Waals surface area contributed by atoms with Gasteiger partial charge >= 0.3 is 0 Å². The first kappa shape index (κ1) is 27.4. The summed E-state index contributed by atoms with van der Waals surface area (Å²) in [5, 5.41) is 16.6. The molecule has 0 amide bonds. The molecule has 40 heavy (non-hydrogen) atoms. The number of ether oxygens (including phenoxy) is 2. The fraction of sp³-hybridized carbons (Fsp3) is 0.357. The summed E-state index contributed by atoms with van der Waals surface area (Å²) < 4.78 is 42.2. The van der Waals surface area contributed by atoms with Gasteiger partial charge in [0.15, 0.2) is 0 Å². The van der Waals surface area contributed by atoms with Gasteiger partial charge < -0.3 is 25.4 Å². The van der Waals surface area contributed by atoms with Crippen LogP contribution in [0.2, 0.25) is 0 Å². The number of rotatable bonds is 9. The van der Waals surface area contributed by atoms with Crippen molar-refractivity contribution in [2.45, 2.75) is 32.1 Å². The molecule has 3 N–H and O–H groups in total. The second-order valence-electron chi connectivity index (χ2n) is 9.81. The summed E-state index contributed by atoms with van der Waals surface area (Å²) in [5.74, 6) is -0.975. The van der Waals surface area contributed by atoms with Crippen molar-refractivity contribution in [2.75, 3.05) is 37.0 Å². The summed E-state index contributed by atoms with van der Waals surface area (Å²) >= 11 is 0. The number of hydrogen-bond acceptors (Lipinski definition) is 9. The van der Waals surface area contributed by atoms with Gasteiger partial charge in [0.05, 0.1) is 72.4 Å². The van der Waals surface area contributed by atoms with E-state index in [1.54, 1.807) is 30.7 Å². The van der Waals surface area contributed by atoms with Crippen LogP contribution in [0.4, 0.5) is 26.1 Å². The summed E-state index contributed by atoms with van der Waals surface area (Å²) in [7, 11) is 1.46. The number of nitrogens with one attached hydrogen (secondary N) is 1. The number of benzene rings is 1. The summed E-state index contributed by atoms with van der Waals surface area (Å²) in [5.41, 5.74) is 8.94. The quantitative estimate of drug-likeness (QED) is 0.298. The Labute approximate surface area is 230 Å². The molecule has 0 radical (unpaired) electrons. The van der Waals surface area contributed by atoms with Gasteiger partial charge in [0, 0.05) is 38.4 Å². The minimum Gasteiger partial charge on any atom is -0.380 e. The van der Waals surface area contributed by atoms with E-state index < -0.39 is 11.6 Å². The van der Waals surface area contributed by atoms with Crippen molar-refractivity contribution in [1.29, 1.82) is 5.26 Å². The highest BCUT2D eigenvalue weighted by atomic mass is 19.1. The lowest BCUT2D eigenvalue weighted by Crippen LogP contribution is -2.56. The second kappa shape index (κ2) is 11.9. The molecule has 0 saturated carbocycles. The van der Waals surface area contributed by atoms with E-state index in [4.69, 9.17) is 20.5 Å². The zero-order valence-corrected chi connectivity index (χ0v) is 22.2. The van der Waals surface area contributed by atoms with Gasteiger partial charge in [0.1, 0.15) is 11.6 Å². The van der Waals surface area contributed by atoms with Crippen LogP contribution in [0.5, 0.6) is 0 Å². The average Bonchev–Trinajstić information content (AvgIpc) is 3.32. The molecule has 0 bridgehead atoms. The minimum absolute atomic E-state index is 0.0964. The van der Waals surface area contributed by atoms with Gasteiger partial charge in [-0.25, -0.2) is 13.8 Å². The number of fused-ring (bicyclic) bond motifs is 1. The molecular weight excluding hydrogens is 518 g/mol. The van der Waals surface area contributed by atoms with Crippen LogP contribution in [0.1, 0.15) is 18.9 Å². The molecule has 12 heteroatoms. The molecule has 5 rings (SSSR count). The van der Waals surface area contributed by atoms with Crippen molar-refractivity contribution in [1.82, 2.24) is 19.6 Å². The molecule has 208 valence electrons. The third-order valence-corrected chi connectivity index (χ3v) is 6.88. The summed E-state index contributed by atoms with van der Waals surface area (Å²) in [6.45, 7) is 3.76. The van der Waals surface area contributed by atoms with Crippen molar-refractivity contribution in [3.63, 3.8) is 0 Å². The SMILES string of the molecule is COCc1cc(F)c(-c2ccc3cnc(Nc4cnccc4N4CC(C)C(OCCC#N)C(N)C4)n3n2)c(F)c1. The molecule has 0 aliphatic carbocycles. The highest BCUT2D eigenvalue weighted by Gasteiger charge is 2.34. The first-order valence-corrected chi connectivity index (χ1v) is 12.9. The maximum absolute atomic E-state index is 14.9. The van der Waals surface area contributed by atoms with Gasteiger partial charge in [-0.05, 0) is 35.9 Å². The van der Waals surface area contributed by atoms with Crippen molar-refractivity contribution in [3.8, 4) is 17.3 Å². The van der Waals surface area contributed by atoms with Crippen LogP contribution >= 0.6 is 0 Å². The number of hydrogen-bond donors (Lipinski definition) is 2. The molecule has 1 aliphatic heterocycles. The summed E-state index contributed by atoms with van der Waals surface area (Å²) in [6, 6.07) is 9.47. The molecule has 1 aliphatic rings. The Balaban J connectivity index is 1.42. The van der Waals surface area contributed by atoms with Gasteiger partial charge in [-0.15, -0.1) is 0 Å². The molecular formula is C28H30F2N8O2. The van der Waals surface area contributed by atoms with Gasteiger partial charge in [-0.2, -0.15) is 14.9 Å². The average molecular weight is 549 g/mol. The molecule has 10 nitrogen and oxygen atoms in total. The van der Waals surface area contributed by atoms with E-state index in [1.165, 1.54) is 23.8 Å². The van der Waals surface area contributed by atoms with Crippen LogP contribution < -0.4 is 16.0 Å². The van der Waals surface area contributed by atoms with E-state index in [0.29, 0.717) is 48.8 Å². The summed E-state index contributed by atoms with van der Waals surface area (Å²) in [6.07, 6.45) is 5.17. The molecule has 1 saturated heterocycles. The molecule has 3 atom stereocenters. The van der Waals surface area contributed by atoms with Gasteiger partial charge in [0.25, 0.3) is 0 Å². The van der Waals surface area contributed by atoms with Gasteiger partial charge in [-0.3, -0.25) is 4.98 Å². The van der Waals surface area contributed by atoms with Crippen molar-refractivity contribution in [2.24, 2.45) is 11.7 Å². The molecule has 1 aromatic carbocycles. The van der Waals surface area contributed by atoms with E-state index in [9.17, 15) is 8.78 Å². The predicted octanol–water partition coefficient (Wildman–Crippen LogP) is 4.04. The third kappa shape index (κ3) is 5.58. The van der Waals surface area contributed by atoms with E-state index >= 15 is 0 Å². The van der Waals surface area contributed by atoms with Crippen molar-refractivity contribution < 1.29 is 18.3 Å². The lowest BCUT2D eigenvalue weighted by Gasteiger charge is -2.42. The fourth-order valence-electron chi connectivity index (χ4n) is 5.13. The normalized spacial score (nSPS) is 19.1. The van der Waals surface area contributed by atoms with E-state index in [1.807, 2.05) is 6.07 Å². The topological polar surface area (TPSA) is 127 Å². The molecule has 1 fully saturated rings. The predicted molar refractivity (Wildman–Crippen MR) is 146 cm³/mol. The Hall–Kier alpha value is -4.18. The number of methoxy groups -OCH3 is 1. The molecule has 3 unspecified atom stereocenters. The Morgan fingerprint density at radius 3 is 2.70 bits per heavy atom. The number of nitriles is 1. The Morgan fingerprint density at radius 2 is 1.98 bits per heavy atom. The minimum atomic E-state index is -0.728. The Morgan fingerprint density at radius 1 is 1.18 bits per heavy atom. The second-order valence-corrected chi connectivity index (χ2v) is 9.81. The number of imidazole rings is 1. The number of anilines is 3. The van der Waals surface area contributed by atoms with Crippen LogP contribution in [0, 0.1) is 28.9 Å². The van der Waals surface area contributed by atoms with Crippen LogP contribution in [-0.4, -0.2) is 58.5 Å². The smallest absolute Gasteiger partial charge is 0.229 e. The number of pyridine rings is 1. The number of aromatic nitrogens is 4. The standard InChI is InChI=1S/C28H30F2N8O2/c1-17-14-37(15-22(32)27(17)40-9-3-7-31)25-6-8-33-13-24(25)35-28-34-12-19-4-5-23(36-38(19)28)26-20(29)10-18(16-39-2)11-21(26)30/h4-6,8,10-13,17,22,27H,3,9,14-16,32H2,1-2H3,(H,34,35). The number of halogens is 2. The zero-order valence-electron chi connectivity index (χ0n) is 22.2. The highest BCUT2D eigenvalue weighted by Crippen LogP contribution is 2.32. The van der Waals surface area contributed by atoms with Gasteiger partial charge in [0.2, 0.25) is 5.95 Å². The van der Waals surface area contributed by atoms with E-state index in [-0.39, 0.29) is 35.9 Å². The maximum atomic E-state index is 14.9. The number of nitrogens with zero attached hydrogens (tertiary/aromatic N) is 6. The fourth-order valence-corrected chi connectivity index (χ4v) is 5.13. The first-order chi connectivity index (χ1) is 19.4. The third-order valence-electron chi connectivity index (χ3n) is 6.88. The van der Waals surface area contributed by atoms with Crippen LogP contribution in [0.3, 0.4) is 0 Å². The van der Waals surface area contributed by atoms with E-state index in [2.05, 4.69) is 38.3 Å². The monoisotopic (exact) mass is 548 g/mol. The lowest BCUT2D eigenvalue weighted by atomic mass is 9.92. The molecule has 3 aromatic heterocycles. The maximum Gasteiger partial charge on any atom is 0.229 e. The summed E-state index contributed by atoms with van der Waals surface area (Å²) in [4.78, 5) is 10.9. The number of nitrogens with two attached hydrogens (primary N) is 1. The van der Waals surface area contributed by atoms with Crippen LogP contribution in [-0.2, 0) is 16.1 Å². The number of piperidine rings is 1. The lowest BCUT2D eigenvalue weighted by molar-refractivity contribution is -0.00331. The molecule has 4 heterocycles. The van der Waals surface area contributed by atoms with Crippen molar-refractivity contribution >= 4 is 22.8 Å². The van der Waals surface area contributed by atoms with Gasteiger partial charge in [-0.1, -0.05) is 6.92 Å². The van der Waals surface area contributed by atoms with Crippen molar-refractivity contribution in [3.05, 3.63) is 66.1 Å². The largest absolute Gasteiger partial charge is 0.380 e. The van der Waals surface area contributed by atoms with Crippen LogP contribution in [0.15, 0.2) is 48.9 Å². The Kier molecular flexibility index (Phi) is 8.16. The highest BCUT2D eigenvalue weighted by molar-refractivity contribution is 5.74. The Bertz CT molecular complexity index is 1500. The van der Waals surface area contributed by atoms with E-state index in [0.717, 1.165) is 5.69 Å². The molecule has 0 spiro atoms. The zero-order chi connectivity index (χ0) is 28.2. The molecule has 4 aromatic rings. The van der Waals surface area contributed by atoms with Crippen LogP contribution in [0.25, 0.3) is 16.8 Å². The first-order valence-electron chi connectivity index (χ1n) is 12.9.